The van der Waals surface area contributed by atoms with E-state index in [9.17, 15) is 22.4 Å². The fourth-order valence-electron chi connectivity index (χ4n) is 3.44. The third-order valence-electron chi connectivity index (χ3n) is 5.27. The van der Waals surface area contributed by atoms with E-state index in [0.717, 1.165) is 6.07 Å². The van der Waals surface area contributed by atoms with Gasteiger partial charge < -0.3 is 16.2 Å². The first-order valence-electron chi connectivity index (χ1n) is 9.00. The zero-order valence-electron chi connectivity index (χ0n) is 16.1. The van der Waals surface area contributed by atoms with Crippen LogP contribution in [0.3, 0.4) is 0 Å². The summed E-state index contributed by atoms with van der Waals surface area (Å²) < 4.78 is 61.5. The van der Waals surface area contributed by atoms with Gasteiger partial charge in [0.15, 0.2) is 5.67 Å². The van der Waals surface area contributed by atoms with Crippen LogP contribution in [0.25, 0.3) is 11.1 Å². The zero-order valence-corrected chi connectivity index (χ0v) is 16.1. The lowest BCUT2D eigenvalue weighted by atomic mass is 9.79. The number of benzene rings is 1. The first-order valence-corrected chi connectivity index (χ1v) is 9.00. The molecule has 30 heavy (non-hydrogen) atoms. The van der Waals surface area contributed by atoms with Crippen LogP contribution in [0.15, 0.2) is 35.5 Å². The van der Waals surface area contributed by atoms with Crippen LogP contribution in [-0.2, 0) is 5.54 Å². The topological polar surface area (TPSA) is 104 Å². The average Bonchev–Trinajstić information content (AvgIpc) is 2.75. The molecular formula is C20H20F4N4O2. The number of alkyl halides is 3. The first kappa shape index (κ1) is 21.5. The molecule has 0 radical (unpaired) electrons. The third-order valence-corrected chi connectivity index (χ3v) is 5.27. The minimum absolute atomic E-state index is 0.102. The van der Waals surface area contributed by atoms with Crippen LogP contribution in [0.4, 0.5) is 17.6 Å². The molecule has 10 heteroatoms. The van der Waals surface area contributed by atoms with Crippen LogP contribution < -0.4 is 16.2 Å². The Bertz CT molecular complexity index is 1020. The molecule has 0 unspecified atom stereocenters. The van der Waals surface area contributed by atoms with E-state index in [1.807, 2.05) is 0 Å². The van der Waals surface area contributed by atoms with Gasteiger partial charge >= 0.3 is 0 Å². The fourth-order valence-corrected chi connectivity index (χ4v) is 3.44. The smallest absolute Gasteiger partial charge is 0.267 e. The Labute approximate surface area is 169 Å². The van der Waals surface area contributed by atoms with Crippen molar-refractivity contribution in [1.82, 2.24) is 4.98 Å². The molecule has 2 atom stereocenters. The molecule has 6 nitrogen and oxygen atoms in total. The predicted molar refractivity (Wildman–Crippen MR) is 103 cm³/mol. The van der Waals surface area contributed by atoms with Gasteiger partial charge in [0.05, 0.1) is 13.3 Å². The highest BCUT2D eigenvalue weighted by Crippen LogP contribution is 2.42. The average molecular weight is 424 g/mol. The van der Waals surface area contributed by atoms with Gasteiger partial charge in [-0.2, -0.15) is 0 Å². The lowest BCUT2D eigenvalue weighted by Crippen LogP contribution is -2.49. The maximum absolute atomic E-state index is 14.7. The second-order valence-electron chi connectivity index (χ2n) is 7.09. The van der Waals surface area contributed by atoms with E-state index in [4.69, 9.17) is 16.2 Å². The number of nitrogens with two attached hydrogens (primary N) is 2. The Hall–Kier alpha value is -3.17. The first-order chi connectivity index (χ1) is 14.2. The van der Waals surface area contributed by atoms with E-state index in [2.05, 4.69) is 9.98 Å². The second kappa shape index (κ2) is 7.92. The van der Waals surface area contributed by atoms with Crippen molar-refractivity contribution >= 4 is 11.7 Å². The van der Waals surface area contributed by atoms with E-state index in [1.165, 1.54) is 31.5 Å². The number of primary amides is 1. The molecule has 0 saturated carbocycles. The van der Waals surface area contributed by atoms with Crippen molar-refractivity contribution in [2.75, 3.05) is 20.5 Å². The van der Waals surface area contributed by atoms with Crippen molar-refractivity contribution in [3.05, 3.63) is 47.5 Å². The fraction of sp³-hybridized carbons (Fsp3) is 0.350. The number of carbonyl (C=O) groups excluding carboxylic acids is 1. The number of ether oxygens (including phenoxy) is 1. The number of methoxy groups -OCH3 is 1. The Morgan fingerprint density at radius 3 is 2.53 bits per heavy atom. The quantitative estimate of drug-likeness (QED) is 0.696. The molecule has 1 aromatic heterocycles. The van der Waals surface area contributed by atoms with Crippen LogP contribution >= 0.6 is 0 Å². The van der Waals surface area contributed by atoms with Gasteiger partial charge in [-0.25, -0.2) is 22.5 Å². The summed E-state index contributed by atoms with van der Waals surface area (Å²) in [4.78, 5) is 19.6. The summed E-state index contributed by atoms with van der Waals surface area (Å²) >= 11 is 0. The molecule has 0 bridgehead atoms. The van der Waals surface area contributed by atoms with Gasteiger partial charge in [0.2, 0.25) is 0 Å². The molecule has 3 rings (SSSR count). The summed E-state index contributed by atoms with van der Waals surface area (Å²) in [7, 11) is 1.40. The van der Waals surface area contributed by atoms with Crippen LogP contribution in [0.1, 0.15) is 28.9 Å². The largest absolute Gasteiger partial charge is 0.495 e. The summed E-state index contributed by atoms with van der Waals surface area (Å²) in [6.45, 7) is -2.60. The van der Waals surface area contributed by atoms with E-state index < -0.39 is 48.5 Å². The second-order valence-corrected chi connectivity index (χ2v) is 7.09. The number of hydrogen-bond donors (Lipinski definition) is 2. The Kier molecular flexibility index (Phi) is 5.69. The molecule has 2 heterocycles. The molecule has 4 N–H and O–H groups in total. The number of carbonyl (C=O) groups is 1. The van der Waals surface area contributed by atoms with E-state index in [0.29, 0.717) is 5.75 Å². The van der Waals surface area contributed by atoms with Gasteiger partial charge in [0.25, 0.3) is 5.91 Å². The lowest BCUT2D eigenvalue weighted by molar-refractivity contribution is 0.0996. The number of amidine groups is 1. The van der Waals surface area contributed by atoms with Crippen molar-refractivity contribution in [3.8, 4) is 16.9 Å². The SMILES string of the molecule is COc1cnc(C(N)=O)c(-c2ccc(F)c([C@]3(CF)CC[C@@](F)(CF)C(N)=N3)c2)c1. The Morgan fingerprint density at radius 1 is 1.23 bits per heavy atom. The van der Waals surface area contributed by atoms with Gasteiger partial charge in [-0.15, -0.1) is 0 Å². The minimum Gasteiger partial charge on any atom is -0.495 e. The maximum Gasteiger partial charge on any atom is 0.267 e. The van der Waals surface area contributed by atoms with Crippen LogP contribution in [0.5, 0.6) is 5.75 Å². The predicted octanol–water partition coefficient (Wildman–Crippen LogP) is 2.99. The summed E-state index contributed by atoms with van der Waals surface area (Å²) in [5.41, 5.74) is 6.82. The highest BCUT2D eigenvalue weighted by Gasteiger charge is 2.47. The van der Waals surface area contributed by atoms with Crippen molar-refractivity contribution in [1.29, 1.82) is 0 Å². The zero-order chi connectivity index (χ0) is 22.1. The summed E-state index contributed by atoms with van der Waals surface area (Å²) in [5.74, 6) is -2.05. The van der Waals surface area contributed by atoms with Gasteiger partial charge in [-0.05, 0) is 36.6 Å². The molecular weight excluding hydrogens is 404 g/mol. The normalized spacial score (nSPS) is 23.7. The van der Waals surface area contributed by atoms with Gasteiger partial charge in [0.1, 0.15) is 42.0 Å². The Balaban J connectivity index is 2.19. The maximum atomic E-state index is 14.7. The van der Waals surface area contributed by atoms with Crippen molar-refractivity contribution in [2.24, 2.45) is 16.5 Å². The number of pyridine rings is 1. The van der Waals surface area contributed by atoms with Crippen LogP contribution in [0, 0.1) is 5.82 Å². The van der Waals surface area contributed by atoms with Gasteiger partial charge in [-0.3, -0.25) is 9.79 Å². The number of halogens is 4. The number of aromatic nitrogens is 1. The molecule has 1 amide bonds. The number of hydrogen-bond acceptors (Lipinski definition) is 5. The molecule has 0 spiro atoms. The molecule has 1 aliphatic rings. The van der Waals surface area contributed by atoms with Gasteiger partial charge in [-0.1, -0.05) is 6.07 Å². The third kappa shape index (κ3) is 3.57. The van der Waals surface area contributed by atoms with Crippen LogP contribution in [0.2, 0.25) is 0 Å². The highest BCUT2D eigenvalue weighted by molar-refractivity contribution is 5.98. The van der Waals surface area contributed by atoms with E-state index in [1.54, 1.807) is 0 Å². The number of nitrogens with zero attached hydrogens (tertiary/aromatic N) is 2. The number of aliphatic imine (C=N–C) groups is 1. The monoisotopic (exact) mass is 424 g/mol. The highest BCUT2D eigenvalue weighted by atomic mass is 19.2. The molecule has 1 aliphatic heterocycles. The standard InChI is InChI=1S/C20H20F4N4O2/c1-30-12-7-13(16(17(25)29)27-8-12)11-2-3-15(23)14(6-11)20(10-22)5-4-19(24,9-21)18(26)28-20/h2-3,6-8H,4-5,9-10H2,1H3,(H2,25,29)(H2,26,28)/t19-,20-/m1/s1. The molecule has 0 saturated heterocycles. The summed E-state index contributed by atoms with van der Waals surface area (Å²) in [5, 5.41) is 0. The Morgan fingerprint density at radius 2 is 1.97 bits per heavy atom. The van der Waals surface area contributed by atoms with E-state index >= 15 is 0 Å². The van der Waals surface area contributed by atoms with Crippen LogP contribution in [-0.4, -0.2) is 42.9 Å². The molecule has 1 aromatic carbocycles. The van der Waals surface area contributed by atoms with Crippen molar-refractivity contribution in [3.63, 3.8) is 0 Å². The molecule has 0 fully saturated rings. The van der Waals surface area contributed by atoms with Crippen molar-refractivity contribution < 1.29 is 27.1 Å². The minimum atomic E-state index is -2.51. The molecule has 2 aromatic rings. The van der Waals surface area contributed by atoms with E-state index in [-0.39, 0.29) is 28.8 Å². The van der Waals surface area contributed by atoms with Crippen molar-refractivity contribution in [2.45, 2.75) is 24.0 Å². The lowest BCUT2D eigenvalue weighted by Gasteiger charge is -2.37. The summed E-state index contributed by atoms with van der Waals surface area (Å²) in [6, 6.07) is 5.16. The molecule has 160 valence electrons. The number of rotatable bonds is 6. The summed E-state index contributed by atoms with van der Waals surface area (Å²) in [6.07, 6.45) is 0.532. The molecule has 0 aliphatic carbocycles. The number of amides is 1. The van der Waals surface area contributed by atoms with Gasteiger partial charge in [0, 0.05) is 11.1 Å².